The number of hydrogen-bond acceptors (Lipinski definition) is 6. The second-order valence-corrected chi connectivity index (χ2v) is 4.81. The lowest BCUT2D eigenvalue weighted by Crippen LogP contribution is -2.17. The van der Waals surface area contributed by atoms with Gasteiger partial charge in [-0.15, -0.1) is 0 Å². The average molecular weight is 328 g/mol. The molecule has 0 atom stereocenters. The summed E-state index contributed by atoms with van der Waals surface area (Å²) >= 11 is 0. The number of benzene rings is 2. The molecule has 1 amide bonds. The molecule has 0 aliphatic carbocycles. The van der Waals surface area contributed by atoms with Gasteiger partial charge in [-0.3, -0.25) is 25.0 Å². The van der Waals surface area contributed by atoms with Crippen LogP contribution < -0.4 is 5.43 Å². The molecule has 2 aromatic rings. The van der Waals surface area contributed by atoms with Crippen molar-refractivity contribution in [2.45, 2.75) is 6.92 Å². The fourth-order valence-corrected chi connectivity index (χ4v) is 1.90. The van der Waals surface area contributed by atoms with E-state index >= 15 is 0 Å². The van der Waals surface area contributed by atoms with Crippen molar-refractivity contribution in [1.29, 1.82) is 0 Å². The van der Waals surface area contributed by atoms with E-state index in [2.05, 4.69) is 10.5 Å². The number of non-ortho nitro benzene ring substituents is 1. The van der Waals surface area contributed by atoms with Crippen LogP contribution in [-0.2, 0) is 0 Å². The van der Waals surface area contributed by atoms with E-state index in [0.29, 0.717) is 11.1 Å². The highest BCUT2D eigenvalue weighted by Gasteiger charge is 2.14. The standard InChI is InChI=1S/C15H12N4O5/c1-10-5-6-12(8-14(10)19(23)24)15(20)17-16-9-11-3-2-4-13(7-11)18(21)22/h2-9H,1H3,(H,17,20). The topological polar surface area (TPSA) is 128 Å². The maximum absolute atomic E-state index is 11.9. The van der Waals surface area contributed by atoms with Crippen molar-refractivity contribution >= 4 is 23.5 Å². The fraction of sp³-hybridized carbons (Fsp3) is 0.0667. The van der Waals surface area contributed by atoms with Crippen LogP contribution in [0.3, 0.4) is 0 Å². The molecule has 2 rings (SSSR count). The minimum atomic E-state index is -0.625. The van der Waals surface area contributed by atoms with Gasteiger partial charge in [0.05, 0.1) is 16.1 Å². The van der Waals surface area contributed by atoms with E-state index in [0.717, 1.165) is 6.07 Å². The lowest BCUT2D eigenvalue weighted by molar-refractivity contribution is -0.385. The number of nitro benzene ring substituents is 2. The van der Waals surface area contributed by atoms with Gasteiger partial charge in [0.25, 0.3) is 17.3 Å². The van der Waals surface area contributed by atoms with E-state index in [1.54, 1.807) is 13.0 Å². The second-order valence-electron chi connectivity index (χ2n) is 4.81. The van der Waals surface area contributed by atoms with E-state index in [-0.39, 0.29) is 16.9 Å². The Labute approximate surface area is 135 Å². The number of nitrogens with zero attached hydrogens (tertiary/aromatic N) is 3. The van der Waals surface area contributed by atoms with Crippen LogP contribution in [0.15, 0.2) is 47.6 Å². The molecule has 0 unspecified atom stereocenters. The van der Waals surface area contributed by atoms with E-state index in [1.807, 2.05) is 0 Å². The molecule has 0 saturated heterocycles. The van der Waals surface area contributed by atoms with E-state index in [1.165, 1.54) is 36.5 Å². The summed E-state index contributed by atoms with van der Waals surface area (Å²) in [4.78, 5) is 32.4. The SMILES string of the molecule is Cc1ccc(C(=O)NN=Cc2cccc([N+](=O)[O-])c2)cc1[N+](=O)[O-]. The minimum Gasteiger partial charge on any atom is -0.267 e. The first-order chi connectivity index (χ1) is 11.4. The second kappa shape index (κ2) is 7.09. The first kappa shape index (κ1) is 16.7. The van der Waals surface area contributed by atoms with Crippen molar-refractivity contribution in [3.05, 3.63) is 79.4 Å². The fourth-order valence-electron chi connectivity index (χ4n) is 1.90. The maximum atomic E-state index is 11.9. The van der Waals surface area contributed by atoms with E-state index in [9.17, 15) is 25.0 Å². The van der Waals surface area contributed by atoms with Crippen LogP contribution in [0, 0.1) is 27.2 Å². The van der Waals surface area contributed by atoms with Gasteiger partial charge in [-0.1, -0.05) is 18.2 Å². The minimum absolute atomic E-state index is 0.0866. The molecule has 9 nitrogen and oxygen atoms in total. The molecule has 1 N–H and O–H groups in total. The number of nitro groups is 2. The van der Waals surface area contributed by atoms with Gasteiger partial charge in [-0.25, -0.2) is 5.43 Å². The summed E-state index contributed by atoms with van der Waals surface area (Å²) < 4.78 is 0. The van der Waals surface area contributed by atoms with Gasteiger partial charge in [0.1, 0.15) is 0 Å². The molecular formula is C15H12N4O5. The van der Waals surface area contributed by atoms with Crippen LogP contribution in [0.25, 0.3) is 0 Å². The van der Waals surface area contributed by atoms with E-state index in [4.69, 9.17) is 0 Å². The molecule has 0 bridgehead atoms. The molecule has 2 aromatic carbocycles. The maximum Gasteiger partial charge on any atom is 0.273 e. The molecule has 24 heavy (non-hydrogen) atoms. The van der Waals surface area contributed by atoms with E-state index < -0.39 is 15.8 Å². The number of hydrazone groups is 1. The normalized spacial score (nSPS) is 10.5. The number of aryl methyl sites for hydroxylation is 1. The predicted molar refractivity (Wildman–Crippen MR) is 86.0 cm³/mol. The zero-order chi connectivity index (χ0) is 17.7. The number of carbonyl (C=O) groups is 1. The number of nitrogens with one attached hydrogen (secondary N) is 1. The zero-order valence-corrected chi connectivity index (χ0v) is 12.5. The molecule has 0 aliphatic heterocycles. The summed E-state index contributed by atoms with van der Waals surface area (Å²) in [6.07, 6.45) is 1.24. The number of amides is 1. The van der Waals surface area contributed by atoms with Crippen molar-refractivity contribution in [2.24, 2.45) is 5.10 Å². The van der Waals surface area contributed by atoms with Gasteiger partial charge in [0, 0.05) is 34.9 Å². The third-order valence-electron chi connectivity index (χ3n) is 3.13. The van der Waals surface area contributed by atoms with Gasteiger partial charge in [-0.05, 0) is 13.0 Å². The lowest BCUT2D eigenvalue weighted by Gasteiger charge is -2.02. The van der Waals surface area contributed by atoms with Crippen LogP contribution in [-0.4, -0.2) is 22.0 Å². The highest BCUT2D eigenvalue weighted by Crippen LogP contribution is 2.19. The van der Waals surface area contributed by atoms with Crippen molar-refractivity contribution in [3.8, 4) is 0 Å². The Morgan fingerprint density at radius 2 is 1.88 bits per heavy atom. The summed E-state index contributed by atoms with van der Waals surface area (Å²) in [6, 6.07) is 9.78. The van der Waals surface area contributed by atoms with Gasteiger partial charge in [0.15, 0.2) is 0 Å². The first-order valence-electron chi connectivity index (χ1n) is 6.71. The lowest BCUT2D eigenvalue weighted by atomic mass is 10.1. The zero-order valence-electron chi connectivity index (χ0n) is 12.5. The summed E-state index contributed by atoms with van der Waals surface area (Å²) in [5.41, 5.74) is 2.92. The smallest absolute Gasteiger partial charge is 0.267 e. The molecule has 9 heteroatoms. The van der Waals surface area contributed by atoms with Crippen molar-refractivity contribution < 1.29 is 14.6 Å². The molecule has 0 spiro atoms. The Morgan fingerprint density at radius 1 is 1.12 bits per heavy atom. The highest BCUT2D eigenvalue weighted by molar-refractivity contribution is 5.95. The third-order valence-corrected chi connectivity index (χ3v) is 3.13. The molecule has 0 radical (unpaired) electrons. The van der Waals surface area contributed by atoms with Gasteiger partial charge < -0.3 is 0 Å². The molecule has 0 saturated carbocycles. The highest BCUT2D eigenvalue weighted by atomic mass is 16.6. The van der Waals surface area contributed by atoms with Crippen LogP contribution >= 0.6 is 0 Å². The molecule has 0 fully saturated rings. The van der Waals surface area contributed by atoms with Crippen molar-refractivity contribution in [3.63, 3.8) is 0 Å². The van der Waals surface area contributed by atoms with Crippen molar-refractivity contribution in [1.82, 2.24) is 5.43 Å². The monoisotopic (exact) mass is 328 g/mol. The van der Waals surface area contributed by atoms with Gasteiger partial charge in [-0.2, -0.15) is 5.10 Å². The predicted octanol–water partition coefficient (Wildman–Crippen LogP) is 2.58. The molecule has 0 heterocycles. The Kier molecular flexibility index (Phi) is 4.95. The van der Waals surface area contributed by atoms with Crippen molar-refractivity contribution in [2.75, 3.05) is 0 Å². The summed E-state index contributed by atoms with van der Waals surface area (Å²) in [7, 11) is 0. The van der Waals surface area contributed by atoms with Gasteiger partial charge >= 0.3 is 0 Å². The molecule has 0 aliphatic rings. The van der Waals surface area contributed by atoms with Crippen LogP contribution in [0.1, 0.15) is 21.5 Å². The average Bonchev–Trinajstić information content (AvgIpc) is 2.55. The summed E-state index contributed by atoms with van der Waals surface area (Å²) in [6.45, 7) is 1.57. The molecular weight excluding hydrogens is 316 g/mol. The summed E-state index contributed by atoms with van der Waals surface area (Å²) in [5.74, 6) is -0.625. The number of rotatable bonds is 5. The quantitative estimate of drug-likeness (QED) is 0.512. The summed E-state index contributed by atoms with van der Waals surface area (Å²) in [5, 5.41) is 25.2. The Morgan fingerprint density at radius 3 is 2.54 bits per heavy atom. The molecule has 122 valence electrons. The van der Waals surface area contributed by atoms with Crippen LogP contribution in [0.4, 0.5) is 11.4 Å². The third kappa shape index (κ3) is 3.97. The Hall–Kier alpha value is -3.62. The Balaban J connectivity index is 2.10. The Bertz CT molecular complexity index is 848. The molecule has 0 aromatic heterocycles. The van der Waals surface area contributed by atoms with Crippen LogP contribution in [0.5, 0.6) is 0 Å². The number of carbonyl (C=O) groups excluding carboxylic acids is 1. The van der Waals surface area contributed by atoms with Crippen LogP contribution in [0.2, 0.25) is 0 Å². The number of hydrogen-bond donors (Lipinski definition) is 1. The largest absolute Gasteiger partial charge is 0.273 e. The first-order valence-corrected chi connectivity index (χ1v) is 6.71. The van der Waals surface area contributed by atoms with Gasteiger partial charge in [0.2, 0.25) is 0 Å².